The molecule has 5 nitrogen and oxygen atoms in total. The van der Waals surface area contributed by atoms with E-state index in [1.54, 1.807) is 0 Å². The van der Waals surface area contributed by atoms with Crippen molar-refractivity contribution in [1.29, 1.82) is 0 Å². The van der Waals surface area contributed by atoms with Crippen molar-refractivity contribution in [3.63, 3.8) is 0 Å². The summed E-state index contributed by atoms with van der Waals surface area (Å²) in [6.45, 7) is 4.41. The molecule has 108 valence electrons. The summed E-state index contributed by atoms with van der Waals surface area (Å²) in [5.41, 5.74) is 7.48. The molecular weight excluding hydrogens is 254 g/mol. The molecule has 0 radical (unpaired) electrons. The van der Waals surface area contributed by atoms with E-state index in [1.807, 2.05) is 25.1 Å². The molecule has 0 saturated carbocycles. The summed E-state index contributed by atoms with van der Waals surface area (Å²) in [5.74, 6) is 0.694. The normalized spacial score (nSPS) is 24.9. The Hall–Kier alpha value is -1.59. The van der Waals surface area contributed by atoms with Crippen LogP contribution in [0, 0.1) is 0 Å². The Bertz CT molecular complexity index is 606. The number of nitrogens with zero attached hydrogens (tertiary/aromatic N) is 2. The Morgan fingerprint density at radius 3 is 3.05 bits per heavy atom. The van der Waals surface area contributed by atoms with Gasteiger partial charge in [-0.25, -0.2) is 4.98 Å². The van der Waals surface area contributed by atoms with E-state index in [-0.39, 0.29) is 0 Å². The number of aliphatic hydroxyl groups is 1. The molecule has 0 spiro atoms. The molecule has 3 rings (SSSR count). The van der Waals surface area contributed by atoms with Crippen LogP contribution >= 0.6 is 0 Å². The standard InChI is InChI=1S/C15H21N3O2/c1-15(19)6-3-8-18(9-7-15)10-13-17-14-11(16)4-2-5-12(14)20-13/h2,4-5,19H,3,6-10,16H2,1H3. The number of hydrogen-bond donors (Lipinski definition) is 2. The van der Waals surface area contributed by atoms with Gasteiger partial charge in [-0.3, -0.25) is 4.90 Å². The van der Waals surface area contributed by atoms with Gasteiger partial charge in [0, 0.05) is 6.54 Å². The molecule has 2 aromatic rings. The average Bonchev–Trinajstić information content (AvgIpc) is 2.72. The molecule has 1 aromatic carbocycles. The van der Waals surface area contributed by atoms with E-state index in [9.17, 15) is 5.11 Å². The smallest absolute Gasteiger partial charge is 0.209 e. The number of aromatic nitrogens is 1. The highest BCUT2D eigenvalue weighted by molar-refractivity contribution is 5.85. The molecule has 0 amide bonds. The first-order valence-corrected chi connectivity index (χ1v) is 7.12. The van der Waals surface area contributed by atoms with Gasteiger partial charge in [0.2, 0.25) is 5.89 Å². The second kappa shape index (κ2) is 5.07. The minimum Gasteiger partial charge on any atom is -0.439 e. The van der Waals surface area contributed by atoms with Crippen LogP contribution in [-0.2, 0) is 6.54 Å². The molecule has 1 aliphatic rings. The fourth-order valence-corrected chi connectivity index (χ4v) is 2.75. The lowest BCUT2D eigenvalue weighted by Crippen LogP contribution is -2.28. The van der Waals surface area contributed by atoms with Crippen molar-refractivity contribution >= 4 is 16.8 Å². The summed E-state index contributed by atoms with van der Waals surface area (Å²) in [6.07, 6.45) is 2.63. The molecule has 3 N–H and O–H groups in total. The van der Waals surface area contributed by atoms with Gasteiger partial charge in [-0.15, -0.1) is 0 Å². The van der Waals surface area contributed by atoms with E-state index in [4.69, 9.17) is 10.2 Å². The Kier molecular flexibility index (Phi) is 3.40. The van der Waals surface area contributed by atoms with Crippen LogP contribution in [0.15, 0.2) is 22.6 Å². The van der Waals surface area contributed by atoms with E-state index in [1.165, 1.54) is 0 Å². The average molecular weight is 275 g/mol. The van der Waals surface area contributed by atoms with E-state index in [2.05, 4.69) is 9.88 Å². The second-order valence-electron chi connectivity index (χ2n) is 5.93. The summed E-state index contributed by atoms with van der Waals surface area (Å²) in [4.78, 5) is 6.76. The molecule has 1 atom stereocenters. The lowest BCUT2D eigenvalue weighted by Gasteiger charge is -2.21. The van der Waals surface area contributed by atoms with Gasteiger partial charge >= 0.3 is 0 Å². The number of hydrogen-bond acceptors (Lipinski definition) is 5. The summed E-state index contributed by atoms with van der Waals surface area (Å²) in [5, 5.41) is 10.1. The number of anilines is 1. The second-order valence-corrected chi connectivity index (χ2v) is 5.93. The Labute approximate surface area is 118 Å². The topological polar surface area (TPSA) is 75.5 Å². The molecule has 5 heteroatoms. The Morgan fingerprint density at radius 1 is 1.40 bits per heavy atom. The fraction of sp³-hybridized carbons (Fsp3) is 0.533. The van der Waals surface area contributed by atoms with Crippen molar-refractivity contribution in [2.24, 2.45) is 0 Å². The number of rotatable bonds is 2. The summed E-state index contributed by atoms with van der Waals surface area (Å²) < 4.78 is 5.75. The fourth-order valence-electron chi connectivity index (χ4n) is 2.75. The van der Waals surface area contributed by atoms with Crippen LogP contribution < -0.4 is 5.73 Å². The highest BCUT2D eigenvalue weighted by Crippen LogP contribution is 2.24. The zero-order valence-electron chi connectivity index (χ0n) is 11.8. The van der Waals surface area contributed by atoms with Crippen LogP contribution in [0.3, 0.4) is 0 Å². The van der Waals surface area contributed by atoms with Crippen LogP contribution in [0.25, 0.3) is 11.1 Å². The van der Waals surface area contributed by atoms with Crippen molar-refractivity contribution in [2.75, 3.05) is 18.8 Å². The number of nitrogen functional groups attached to an aromatic ring is 1. The predicted octanol–water partition coefficient (Wildman–Crippen LogP) is 2.15. The summed E-state index contributed by atoms with van der Waals surface area (Å²) in [6, 6.07) is 5.59. The van der Waals surface area contributed by atoms with Gasteiger partial charge in [0.05, 0.1) is 17.8 Å². The molecule has 1 fully saturated rings. The van der Waals surface area contributed by atoms with Gasteiger partial charge in [-0.05, 0) is 44.9 Å². The van der Waals surface area contributed by atoms with E-state index in [0.29, 0.717) is 18.1 Å². The molecule has 1 saturated heterocycles. The number of nitrogens with two attached hydrogens (primary N) is 1. The first-order valence-electron chi connectivity index (χ1n) is 7.12. The number of benzene rings is 1. The number of oxazole rings is 1. The minimum atomic E-state index is -0.541. The maximum Gasteiger partial charge on any atom is 0.209 e. The van der Waals surface area contributed by atoms with Gasteiger partial charge in [-0.1, -0.05) is 6.07 Å². The third-order valence-electron chi connectivity index (χ3n) is 4.01. The van der Waals surface area contributed by atoms with Gasteiger partial charge in [0.25, 0.3) is 0 Å². The molecule has 2 heterocycles. The Balaban J connectivity index is 1.74. The number of fused-ring (bicyclic) bond motifs is 1. The lowest BCUT2D eigenvalue weighted by atomic mass is 9.98. The van der Waals surface area contributed by atoms with Gasteiger partial charge in [-0.2, -0.15) is 0 Å². The molecule has 1 aromatic heterocycles. The zero-order valence-corrected chi connectivity index (χ0v) is 11.8. The monoisotopic (exact) mass is 275 g/mol. The van der Waals surface area contributed by atoms with Crippen LogP contribution in [0.2, 0.25) is 0 Å². The van der Waals surface area contributed by atoms with Crippen LogP contribution in [0.4, 0.5) is 5.69 Å². The van der Waals surface area contributed by atoms with Gasteiger partial charge in [0.1, 0.15) is 5.52 Å². The highest BCUT2D eigenvalue weighted by Gasteiger charge is 2.25. The number of para-hydroxylation sites is 1. The van der Waals surface area contributed by atoms with Gasteiger partial charge in [0.15, 0.2) is 5.58 Å². The largest absolute Gasteiger partial charge is 0.439 e. The molecule has 1 aliphatic heterocycles. The van der Waals surface area contributed by atoms with Crippen LogP contribution in [0.1, 0.15) is 32.1 Å². The maximum absolute atomic E-state index is 10.1. The SMILES string of the molecule is CC1(O)CCCN(Cc2nc3c(N)cccc3o2)CC1. The molecule has 1 unspecified atom stereocenters. The summed E-state index contributed by atoms with van der Waals surface area (Å²) >= 11 is 0. The van der Waals surface area contributed by atoms with E-state index >= 15 is 0 Å². The predicted molar refractivity (Wildman–Crippen MR) is 78.2 cm³/mol. The van der Waals surface area contributed by atoms with Crippen molar-refractivity contribution in [1.82, 2.24) is 9.88 Å². The third kappa shape index (κ3) is 2.78. The first-order chi connectivity index (χ1) is 9.53. The van der Waals surface area contributed by atoms with Crippen molar-refractivity contribution in [3.05, 3.63) is 24.1 Å². The van der Waals surface area contributed by atoms with Crippen LogP contribution in [-0.4, -0.2) is 33.7 Å². The third-order valence-corrected chi connectivity index (χ3v) is 4.01. The lowest BCUT2D eigenvalue weighted by molar-refractivity contribution is 0.0441. The van der Waals surface area contributed by atoms with E-state index in [0.717, 1.165) is 43.5 Å². The molecule has 0 aliphatic carbocycles. The maximum atomic E-state index is 10.1. The molecule has 0 bridgehead atoms. The highest BCUT2D eigenvalue weighted by atomic mass is 16.3. The van der Waals surface area contributed by atoms with Crippen LogP contribution in [0.5, 0.6) is 0 Å². The minimum absolute atomic E-state index is 0.541. The molecule has 20 heavy (non-hydrogen) atoms. The number of likely N-dealkylation sites (tertiary alicyclic amines) is 1. The van der Waals surface area contributed by atoms with Gasteiger partial charge < -0.3 is 15.3 Å². The quantitative estimate of drug-likeness (QED) is 0.821. The molecular formula is C15H21N3O2. The van der Waals surface area contributed by atoms with Crippen molar-refractivity contribution < 1.29 is 9.52 Å². The summed E-state index contributed by atoms with van der Waals surface area (Å²) in [7, 11) is 0. The Morgan fingerprint density at radius 2 is 2.25 bits per heavy atom. The first kappa shape index (κ1) is 13.4. The zero-order chi connectivity index (χ0) is 14.2. The van der Waals surface area contributed by atoms with E-state index < -0.39 is 5.60 Å². The van der Waals surface area contributed by atoms with Crippen molar-refractivity contribution in [3.8, 4) is 0 Å². The van der Waals surface area contributed by atoms with Crippen molar-refractivity contribution in [2.45, 2.75) is 38.3 Å².